The van der Waals surface area contributed by atoms with Gasteiger partial charge in [0.2, 0.25) is 11.7 Å². The van der Waals surface area contributed by atoms with Crippen LogP contribution >= 0.6 is 0 Å². The van der Waals surface area contributed by atoms with E-state index in [0.29, 0.717) is 19.5 Å². The summed E-state index contributed by atoms with van der Waals surface area (Å²) in [5.74, 6) is -1.17. The van der Waals surface area contributed by atoms with E-state index in [2.05, 4.69) is 15.5 Å². The number of carbonyl (C=O) groups excluding carboxylic acids is 1. The minimum absolute atomic E-state index is 0.0319. The van der Waals surface area contributed by atoms with Gasteiger partial charge in [0.05, 0.1) is 5.56 Å². The minimum Gasteiger partial charge on any atom is -0.337 e. The molecule has 3 aromatic rings. The highest BCUT2D eigenvalue weighted by Crippen LogP contribution is 2.32. The molecule has 1 aliphatic heterocycles. The van der Waals surface area contributed by atoms with Gasteiger partial charge in [0.1, 0.15) is 17.7 Å². The SMILES string of the molecule is Cc1ccc(CNC(=O)N2CCCC2c2nc(-c3ccc(F)cc3F)no2)cc1. The summed E-state index contributed by atoms with van der Waals surface area (Å²) < 4.78 is 32.4. The molecule has 2 aromatic carbocycles. The van der Waals surface area contributed by atoms with Gasteiger partial charge in [0, 0.05) is 19.2 Å². The van der Waals surface area contributed by atoms with Crippen molar-refractivity contribution in [1.29, 1.82) is 0 Å². The number of benzene rings is 2. The quantitative estimate of drug-likeness (QED) is 0.708. The van der Waals surface area contributed by atoms with Gasteiger partial charge < -0.3 is 14.7 Å². The molecule has 1 saturated heterocycles. The largest absolute Gasteiger partial charge is 0.337 e. The number of hydrogen-bond donors (Lipinski definition) is 1. The standard InChI is InChI=1S/C21H20F2N4O2/c1-13-4-6-14(7-5-13)12-24-21(28)27-10-2-3-18(27)20-25-19(26-29-20)16-9-8-15(22)11-17(16)23/h4-9,11,18H,2-3,10,12H2,1H3,(H,24,28). The van der Waals surface area contributed by atoms with Crippen LogP contribution in [0.2, 0.25) is 0 Å². The predicted octanol–water partition coefficient (Wildman–Crippen LogP) is 4.37. The Morgan fingerprint density at radius 2 is 2.03 bits per heavy atom. The lowest BCUT2D eigenvalue weighted by Crippen LogP contribution is -2.39. The smallest absolute Gasteiger partial charge is 0.318 e. The lowest BCUT2D eigenvalue weighted by Gasteiger charge is -2.22. The summed E-state index contributed by atoms with van der Waals surface area (Å²) >= 11 is 0. The second-order valence-corrected chi connectivity index (χ2v) is 7.08. The molecule has 0 aliphatic carbocycles. The van der Waals surface area contributed by atoms with E-state index >= 15 is 0 Å². The van der Waals surface area contributed by atoms with Crippen LogP contribution in [0.25, 0.3) is 11.4 Å². The number of rotatable bonds is 4. The topological polar surface area (TPSA) is 71.3 Å². The first-order chi connectivity index (χ1) is 14.0. The van der Waals surface area contributed by atoms with Crippen molar-refractivity contribution in [2.24, 2.45) is 0 Å². The van der Waals surface area contributed by atoms with Gasteiger partial charge in [0.25, 0.3) is 0 Å². The van der Waals surface area contributed by atoms with Crippen molar-refractivity contribution in [3.8, 4) is 11.4 Å². The van der Waals surface area contributed by atoms with Gasteiger partial charge in [0.15, 0.2) is 0 Å². The Balaban J connectivity index is 1.46. The number of amides is 2. The molecule has 29 heavy (non-hydrogen) atoms. The van der Waals surface area contributed by atoms with Crippen LogP contribution in [0.4, 0.5) is 13.6 Å². The Kier molecular flexibility index (Phi) is 5.24. The molecule has 150 valence electrons. The maximum Gasteiger partial charge on any atom is 0.318 e. The van der Waals surface area contributed by atoms with E-state index in [1.54, 1.807) is 4.90 Å². The third-order valence-corrected chi connectivity index (χ3v) is 4.98. The minimum atomic E-state index is -0.767. The van der Waals surface area contributed by atoms with Gasteiger partial charge >= 0.3 is 6.03 Å². The predicted molar refractivity (Wildman–Crippen MR) is 102 cm³/mol. The monoisotopic (exact) mass is 398 g/mol. The molecular weight excluding hydrogens is 378 g/mol. The summed E-state index contributed by atoms with van der Waals surface area (Å²) in [6, 6.07) is 10.5. The first-order valence-electron chi connectivity index (χ1n) is 9.40. The number of aromatic nitrogens is 2. The van der Waals surface area contributed by atoms with E-state index in [9.17, 15) is 13.6 Å². The molecule has 1 N–H and O–H groups in total. The summed E-state index contributed by atoms with van der Waals surface area (Å²) in [4.78, 5) is 18.6. The van der Waals surface area contributed by atoms with E-state index < -0.39 is 11.6 Å². The highest BCUT2D eigenvalue weighted by molar-refractivity contribution is 5.75. The van der Waals surface area contributed by atoms with Gasteiger partial charge in [-0.2, -0.15) is 4.98 Å². The van der Waals surface area contributed by atoms with Crippen molar-refractivity contribution in [3.05, 3.63) is 71.1 Å². The summed E-state index contributed by atoms with van der Waals surface area (Å²) in [5, 5.41) is 6.72. The second kappa shape index (κ2) is 7.98. The van der Waals surface area contributed by atoms with Crippen LogP contribution in [0.5, 0.6) is 0 Å². The zero-order valence-corrected chi connectivity index (χ0v) is 15.9. The summed E-state index contributed by atoms with van der Waals surface area (Å²) in [5.41, 5.74) is 2.21. The number of aryl methyl sites for hydroxylation is 1. The fourth-order valence-electron chi connectivity index (χ4n) is 3.40. The average molecular weight is 398 g/mol. The number of likely N-dealkylation sites (tertiary alicyclic amines) is 1. The third kappa shape index (κ3) is 4.11. The first-order valence-corrected chi connectivity index (χ1v) is 9.40. The number of nitrogens with zero attached hydrogens (tertiary/aromatic N) is 3. The summed E-state index contributed by atoms with van der Waals surface area (Å²) in [6.07, 6.45) is 1.47. The molecule has 1 aliphatic rings. The average Bonchev–Trinajstić information content (AvgIpc) is 3.36. The zero-order chi connectivity index (χ0) is 20.4. The van der Waals surface area contributed by atoms with Gasteiger partial charge in [-0.15, -0.1) is 0 Å². The highest BCUT2D eigenvalue weighted by atomic mass is 19.1. The van der Waals surface area contributed by atoms with Crippen molar-refractivity contribution in [1.82, 2.24) is 20.4 Å². The Morgan fingerprint density at radius 1 is 1.24 bits per heavy atom. The molecule has 0 spiro atoms. The Bertz CT molecular complexity index is 1020. The molecule has 1 fully saturated rings. The molecule has 8 heteroatoms. The fraction of sp³-hybridized carbons (Fsp3) is 0.286. The van der Waals surface area contributed by atoms with E-state index in [1.807, 2.05) is 31.2 Å². The van der Waals surface area contributed by atoms with E-state index in [4.69, 9.17) is 4.52 Å². The van der Waals surface area contributed by atoms with Gasteiger partial charge in [-0.05, 0) is 37.5 Å². The fourth-order valence-corrected chi connectivity index (χ4v) is 3.40. The Morgan fingerprint density at radius 3 is 2.79 bits per heavy atom. The third-order valence-electron chi connectivity index (χ3n) is 4.98. The first kappa shape index (κ1) is 19.0. The molecule has 2 amide bonds. The van der Waals surface area contributed by atoms with Crippen molar-refractivity contribution in [2.75, 3.05) is 6.54 Å². The number of urea groups is 1. The molecule has 0 radical (unpaired) electrons. The molecular formula is C21H20F2N4O2. The lowest BCUT2D eigenvalue weighted by molar-refractivity contribution is 0.180. The van der Waals surface area contributed by atoms with Gasteiger partial charge in [-0.1, -0.05) is 35.0 Å². The van der Waals surface area contributed by atoms with Crippen molar-refractivity contribution in [2.45, 2.75) is 32.4 Å². The van der Waals surface area contributed by atoms with Crippen molar-refractivity contribution >= 4 is 6.03 Å². The van der Waals surface area contributed by atoms with Crippen LogP contribution in [0.15, 0.2) is 47.0 Å². The summed E-state index contributed by atoms with van der Waals surface area (Å²) in [7, 11) is 0. The van der Waals surface area contributed by atoms with E-state index in [1.165, 1.54) is 6.07 Å². The molecule has 1 atom stereocenters. The molecule has 0 saturated carbocycles. The normalized spacial score (nSPS) is 16.2. The van der Waals surface area contributed by atoms with Crippen molar-refractivity contribution in [3.63, 3.8) is 0 Å². The van der Waals surface area contributed by atoms with Gasteiger partial charge in [-0.3, -0.25) is 0 Å². The maximum absolute atomic E-state index is 14.0. The van der Waals surface area contributed by atoms with E-state index in [-0.39, 0.29) is 29.4 Å². The maximum atomic E-state index is 14.0. The molecule has 2 heterocycles. The molecule has 0 bridgehead atoms. The number of hydrogen-bond acceptors (Lipinski definition) is 4. The van der Waals surface area contributed by atoms with Crippen LogP contribution in [-0.4, -0.2) is 27.6 Å². The lowest BCUT2D eigenvalue weighted by atomic mass is 10.1. The number of nitrogens with one attached hydrogen (secondary N) is 1. The molecule has 1 unspecified atom stereocenters. The molecule has 1 aromatic heterocycles. The molecule has 4 rings (SSSR count). The highest BCUT2D eigenvalue weighted by Gasteiger charge is 2.34. The number of halogens is 2. The van der Waals surface area contributed by atoms with Crippen LogP contribution in [0, 0.1) is 18.6 Å². The van der Waals surface area contributed by atoms with Crippen LogP contribution in [0.1, 0.15) is 35.9 Å². The second-order valence-electron chi connectivity index (χ2n) is 7.08. The Hall–Kier alpha value is -3.29. The van der Waals surface area contributed by atoms with Crippen LogP contribution < -0.4 is 5.32 Å². The van der Waals surface area contributed by atoms with Gasteiger partial charge in [-0.25, -0.2) is 13.6 Å². The molecule has 6 nitrogen and oxygen atoms in total. The van der Waals surface area contributed by atoms with Crippen LogP contribution in [0.3, 0.4) is 0 Å². The zero-order valence-electron chi connectivity index (χ0n) is 15.9. The summed E-state index contributed by atoms with van der Waals surface area (Å²) in [6.45, 7) is 2.98. The van der Waals surface area contributed by atoms with Crippen LogP contribution in [-0.2, 0) is 6.54 Å². The number of carbonyl (C=O) groups is 1. The van der Waals surface area contributed by atoms with Crippen molar-refractivity contribution < 1.29 is 18.1 Å². The van der Waals surface area contributed by atoms with E-state index in [0.717, 1.165) is 29.7 Å². The Labute approximate surface area is 166 Å².